The zero-order chi connectivity index (χ0) is 16.7. The van der Waals surface area contributed by atoms with E-state index in [1.165, 1.54) is 12.8 Å². The van der Waals surface area contributed by atoms with Gasteiger partial charge in [0, 0.05) is 36.4 Å². The summed E-state index contributed by atoms with van der Waals surface area (Å²) in [6.07, 6.45) is 4.46. The van der Waals surface area contributed by atoms with E-state index in [9.17, 15) is 13.6 Å². The highest BCUT2D eigenvalue weighted by Gasteiger charge is 2.36. The van der Waals surface area contributed by atoms with Crippen LogP contribution < -0.4 is 5.32 Å². The van der Waals surface area contributed by atoms with Crippen LogP contribution in [0.2, 0.25) is 0 Å². The Hall–Kier alpha value is -1.50. The molecule has 2 saturated heterocycles. The number of halogens is 2. The number of carbonyl (C=O) groups excluding carboxylic acids is 1. The molecule has 2 bridgehead atoms. The number of nitrogens with zero attached hydrogens (tertiary/aromatic N) is 3. The SMILES string of the molecule is Cc1nn(C(F)F)c(C)c1CC(=O)N(C)C1CC2CCC(C1)N2. The summed E-state index contributed by atoms with van der Waals surface area (Å²) in [4.78, 5) is 14.4. The third-order valence-electron chi connectivity index (χ3n) is 5.38. The zero-order valence-electron chi connectivity index (χ0n) is 13.9. The van der Waals surface area contributed by atoms with Crippen molar-refractivity contribution >= 4 is 5.91 Å². The van der Waals surface area contributed by atoms with Crippen LogP contribution in [0.4, 0.5) is 8.78 Å². The van der Waals surface area contributed by atoms with Gasteiger partial charge in [0.25, 0.3) is 0 Å². The molecule has 7 heteroatoms. The quantitative estimate of drug-likeness (QED) is 0.923. The number of aromatic nitrogens is 2. The Labute approximate surface area is 135 Å². The molecule has 2 unspecified atom stereocenters. The van der Waals surface area contributed by atoms with E-state index in [1.807, 2.05) is 11.9 Å². The van der Waals surface area contributed by atoms with Crippen molar-refractivity contribution in [3.63, 3.8) is 0 Å². The largest absolute Gasteiger partial charge is 0.342 e. The molecule has 0 aromatic carbocycles. The molecule has 2 aliphatic heterocycles. The molecule has 23 heavy (non-hydrogen) atoms. The van der Waals surface area contributed by atoms with Crippen molar-refractivity contribution in [3.8, 4) is 0 Å². The third kappa shape index (κ3) is 3.11. The van der Waals surface area contributed by atoms with Gasteiger partial charge in [0.1, 0.15) is 0 Å². The molecule has 0 saturated carbocycles. The standard InChI is InChI=1S/C16H24F2N4O/c1-9-14(10(2)22(20-9)16(17)18)8-15(23)21(3)13-6-11-4-5-12(7-13)19-11/h11-13,16,19H,4-8H2,1-3H3. The van der Waals surface area contributed by atoms with Crippen molar-refractivity contribution in [2.75, 3.05) is 7.05 Å². The Balaban J connectivity index is 1.69. The highest BCUT2D eigenvalue weighted by Crippen LogP contribution is 2.30. The van der Waals surface area contributed by atoms with E-state index in [2.05, 4.69) is 10.4 Å². The van der Waals surface area contributed by atoms with Crippen molar-refractivity contribution in [3.05, 3.63) is 17.0 Å². The summed E-state index contributed by atoms with van der Waals surface area (Å²) in [7, 11) is 1.83. The maximum absolute atomic E-state index is 12.9. The van der Waals surface area contributed by atoms with Gasteiger partial charge in [0.05, 0.1) is 12.1 Å². The van der Waals surface area contributed by atoms with Gasteiger partial charge in [0.15, 0.2) is 0 Å². The highest BCUT2D eigenvalue weighted by atomic mass is 19.3. The lowest BCUT2D eigenvalue weighted by Gasteiger charge is -2.35. The van der Waals surface area contributed by atoms with Crippen LogP contribution >= 0.6 is 0 Å². The molecule has 0 spiro atoms. The zero-order valence-corrected chi connectivity index (χ0v) is 13.9. The second-order valence-corrected chi connectivity index (χ2v) is 6.82. The summed E-state index contributed by atoms with van der Waals surface area (Å²) < 4.78 is 26.5. The fourth-order valence-electron chi connectivity index (χ4n) is 3.97. The van der Waals surface area contributed by atoms with E-state index >= 15 is 0 Å². The Morgan fingerprint density at radius 2 is 1.96 bits per heavy atom. The molecule has 3 heterocycles. The van der Waals surface area contributed by atoms with Crippen LogP contribution in [0.1, 0.15) is 49.2 Å². The van der Waals surface area contributed by atoms with Gasteiger partial charge in [-0.2, -0.15) is 13.9 Å². The molecule has 1 aromatic rings. The Bertz CT molecular complexity index is 589. The number of hydrogen-bond donors (Lipinski definition) is 1. The lowest BCUT2D eigenvalue weighted by Crippen LogP contribution is -2.49. The van der Waals surface area contributed by atoms with E-state index in [1.54, 1.807) is 13.8 Å². The van der Waals surface area contributed by atoms with E-state index in [4.69, 9.17) is 0 Å². The number of piperidine rings is 1. The van der Waals surface area contributed by atoms with E-state index in [0.29, 0.717) is 33.7 Å². The van der Waals surface area contributed by atoms with Gasteiger partial charge in [-0.15, -0.1) is 0 Å². The summed E-state index contributed by atoms with van der Waals surface area (Å²) in [6, 6.07) is 1.27. The molecule has 2 aliphatic rings. The van der Waals surface area contributed by atoms with Crippen LogP contribution in [0, 0.1) is 13.8 Å². The molecule has 2 fully saturated rings. The van der Waals surface area contributed by atoms with Crippen LogP contribution in [0.5, 0.6) is 0 Å². The summed E-state index contributed by atoms with van der Waals surface area (Å²) in [5, 5.41) is 7.42. The minimum Gasteiger partial charge on any atom is -0.342 e. The molecular formula is C16H24F2N4O. The third-order valence-corrected chi connectivity index (χ3v) is 5.38. The number of nitrogens with one attached hydrogen (secondary N) is 1. The van der Waals surface area contributed by atoms with Crippen molar-refractivity contribution in [2.45, 2.75) is 70.6 Å². The second kappa shape index (κ2) is 6.19. The molecule has 0 radical (unpaired) electrons. The molecule has 0 aliphatic carbocycles. The lowest BCUT2D eigenvalue weighted by molar-refractivity contribution is -0.132. The lowest BCUT2D eigenvalue weighted by atomic mass is 9.98. The molecular weight excluding hydrogens is 302 g/mol. The summed E-state index contributed by atoms with van der Waals surface area (Å²) in [6.45, 7) is 0.606. The van der Waals surface area contributed by atoms with Crippen LogP contribution in [0.15, 0.2) is 0 Å². The van der Waals surface area contributed by atoms with E-state index in [-0.39, 0.29) is 18.4 Å². The number of hydrogen-bond acceptors (Lipinski definition) is 3. The predicted octanol–water partition coefficient (Wildman–Crippen LogP) is 2.18. The molecule has 5 nitrogen and oxygen atoms in total. The van der Waals surface area contributed by atoms with Crippen molar-refractivity contribution in [1.29, 1.82) is 0 Å². The Morgan fingerprint density at radius 3 is 2.48 bits per heavy atom. The number of alkyl halides is 2. The van der Waals surface area contributed by atoms with Crippen LogP contribution in [0.3, 0.4) is 0 Å². The normalized spacial score (nSPS) is 26.8. The maximum Gasteiger partial charge on any atom is 0.333 e. The number of aryl methyl sites for hydroxylation is 1. The van der Waals surface area contributed by atoms with Gasteiger partial charge in [-0.05, 0) is 39.5 Å². The van der Waals surface area contributed by atoms with Crippen LogP contribution in [-0.2, 0) is 11.2 Å². The molecule has 3 rings (SSSR count). The average Bonchev–Trinajstić information content (AvgIpc) is 2.99. The number of likely N-dealkylation sites (N-methyl/N-ethyl adjacent to an activating group) is 1. The van der Waals surface area contributed by atoms with Gasteiger partial charge in [-0.3, -0.25) is 4.79 Å². The first-order chi connectivity index (χ1) is 10.9. The first kappa shape index (κ1) is 16.4. The average molecular weight is 326 g/mol. The topological polar surface area (TPSA) is 50.2 Å². The maximum atomic E-state index is 12.9. The highest BCUT2D eigenvalue weighted by molar-refractivity contribution is 5.79. The number of rotatable bonds is 4. The summed E-state index contributed by atoms with van der Waals surface area (Å²) >= 11 is 0. The van der Waals surface area contributed by atoms with Gasteiger partial charge < -0.3 is 10.2 Å². The smallest absolute Gasteiger partial charge is 0.333 e. The van der Waals surface area contributed by atoms with Crippen molar-refractivity contribution in [2.24, 2.45) is 0 Å². The summed E-state index contributed by atoms with van der Waals surface area (Å²) in [5.41, 5.74) is 1.51. The van der Waals surface area contributed by atoms with E-state index < -0.39 is 6.55 Å². The second-order valence-electron chi connectivity index (χ2n) is 6.82. The fraction of sp³-hybridized carbons (Fsp3) is 0.750. The van der Waals surface area contributed by atoms with E-state index in [0.717, 1.165) is 12.8 Å². The van der Waals surface area contributed by atoms with Gasteiger partial charge >= 0.3 is 6.55 Å². The molecule has 1 N–H and O–H groups in total. The Kier molecular flexibility index (Phi) is 4.40. The predicted molar refractivity (Wildman–Crippen MR) is 82.4 cm³/mol. The molecule has 128 valence electrons. The number of amides is 1. The summed E-state index contributed by atoms with van der Waals surface area (Å²) in [5.74, 6) is -0.0173. The number of carbonyl (C=O) groups is 1. The van der Waals surface area contributed by atoms with Gasteiger partial charge in [-0.25, -0.2) is 4.68 Å². The molecule has 1 aromatic heterocycles. The van der Waals surface area contributed by atoms with Gasteiger partial charge in [0.2, 0.25) is 5.91 Å². The Morgan fingerprint density at radius 1 is 1.35 bits per heavy atom. The van der Waals surface area contributed by atoms with Gasteiger partial charge in [-0.1, -0.05) is 0 Å². The monoisotopic (exact) mass is 326 g/mol. The van der Waals surface area contributed by atoms with Crippen molar-refractivity contribution < 1.29 is 13.6 Å². The molecule has 1 amide bonds. The van der Waals surface area contributed by atoms with Crippen molar-refractivity contribution in [1.82, 2.24) is 20.0 Å². The number of fused-ring (bicyclic) bond motifs is 2. The minimum atomic E-state index is -2.67. The first-order valence-electron chi connectivity index (χ1n) is 8.21. The first-order valence-corrected chi connectivity index (χ1v) is 8.21. The minimum absolute atomic E-state index is 0.0173. The molecule has 2 atom stereocenters. The fourth-order valence-corrected chi connectivity index (χ4v) is 3.97. The van der Waals surface area contributed by atoms with Crippen LogP contribution in [0.25, 0.3) is 0 Å². The van der Waals surface area contributed by atoms with Crippen LogP contribution in [-0.4, -0.2) is 45.8 Å².